The third-order valence-electron chi connectivity index (χ3n) is 6.13. The second kappa shape index (κ2) is 8.20. The van der Waals surface area contributed by atoms with Crippen molar-refractivity contribution in [2.75, 3.05) is 0 Å². The van der Waals surface area contributed by atoms with Crippen molar-refractivity contribution in [1.29, 1.82) is 0 Å². The first-order valence-electron chi connectivity index (χ1n) is 10.9. The normalized spacial score (nSPS) is 20.9. The monoisotopic (exact) mass is 427 g/mol. The van der Waals surface area contributed by atoms with Gasteiger partial charge in [0.25, 0.3) is 0 Å². The summed E-state index contributed by atoms with van der Waals surface area (Å²) in [5, 5.41) is 10.5. The van der Waals surface area contributed by atoms with Gasteiger partial charge in [-0.1, -0.05) is 18.2 Å². The first kappa shape index (κ1) is 20.4. The molecule has 2 unspecified atom stereocenters. The molecule has 1 aliphatic rings. The smallest absolute Gasteiger partial charge is 0.228 e. The van der Waals surface area contributed by atoms with Gasteiger partial charge in [-0.2, -0.15) is 0 Å². The molecule has 0 spiro atoms. The summed E-state index contributed by atoms with van der Waals surface area (Å²) in [5.74, 6) is 1.50. The van der Waals surface area contributed by atoms with Gasteiger partial charge in [-0.05, 0) is 81.0 Å². The van der Waals surface area contributed by atoms with Crippen LogP contribution in [-0.2, 0) is 0 Å². The fraction of sp³-hybridized carbons (Fsp3) is 0.269. The minimum atomic E-state index is -0.658. The van der Waals surface area contributed by atoms with Gasteiger partial charge in [0.05, 0.1) is 16.6 Å². The highest BCUT2D eigenvalue weighted by molar-refractivity contribution is 6.08. The fourth-order valence-corrected chi connectivity index (χ4v) is 4.51. The number of rotatable bonds is 5. The number of pyridine rings is 1. The highest BCUT2D eigenvalue weighted by Crippen LogP contribution is 2.41. The Bertz CT molecular complexity index is 1230. The Morgan fingerprint density at radius 1 is 1.12 bits per heavy atom. The molecule has 0 radical (unpaired) electrons. The Balaban J connectivity index is 1.35. The summed E-state index contributed by atoms with van der Waals surface area (Å²) in [7, 11) is 0. The van der Waals surface area contributed by atoms with E-state index >= 15 is 0 Å². The van der Waals surface area contributed by atoms with Gasteiger partial charge in [-0.25, -0.2) is 9.97 Å². The van der Waals surface area contributed by atoms with Gasteiger partial charge in [0.2, 0.25) is 11.7 Å². The summed E-state index contributed by atoms with van der Waals surface area (Å²) in [6, 6.07) is 18.5. The molecule has 2 aromatic heterocycles. The van der Waals surface area contributed by atoms with E-state index in [1.54, 1.807) is 30.5 Å². The van der Waals surface area contributed by atoms with Gasteiger partial charge < -0.3 is 14.8 Å². The number of para-hydroxylation sites is 2. The van der Waals surface area contributed by atoms with Gasteiger partial charge in [-0.15, -0.1) is 0 Å². The van der Waals surface area contributed by atoms with E-state index in [1.165, 1.54) is 0 Å². The molecule has 6 nitrogen and oxygen atoms in total. The molecular formula is C26H25N3O3. The number of fused-ring (bicyclic) bond motifs is 1. The standard InChI is InChI=1S/C26H25N3O3/c1-26(31)14-4-6-18(16-26)20-7-5-15-27-25(20)32-19-12-10-17(11-13-19)23(30)24-28-21-8-2-3-9-22(21)29-24/h2-3,5,7-13,15,18,31H,4,6,14,16H2,1H3,(H,28,29). The number of ketones is 1. The summed E-state index contributed by atoms with van der Waals surface area (Å²) < 4.78 is 6.09. The first-order chi connectivity index (χ1) is 15.5. The average molecular weight is 428 g/mol. The predicted octanol–water partition coefficient (Wildman–Crippen LogP) is 5.39. The van der Waals surface area contributed by atoms with Crippen molar-refractivity contribution < 1.29 is 14.6 Å². The SMILES string of the molecule is CC1(O)CCCC(c2cccnc2Oc2ccc(C(=O)c3nc4ccccc4[nH]3)cc2)C1. The van der Waals surface area contributed by atoms with Crippen LogP contribution in [0.2, 0.25) is 0 Å². The lowest BCUT2D eigenvalue weighted by Gasteiger charge is -2.34. The quantitative estimate of drug-likeness (QED) is 0.417. The van der Waals surface area contributed by atoms with Crippen molar-refractivity contribution in [1.82, 2.24) is 15.0 Å². The molecule has 0 bridgehead atoms. The number of aromatic amines is 1. The minimum Gasteiger partial charge on any atom is -0.439 e. The van der Waals surface area contributed by atoms with Crippen LogP contribution >= 0.6 is 0 Å². The number of carbonyl (C=O) groups excluding carboxylic acids is 1. The number of aromatic nitrogens is 3. The van der Waals surface area contributed by atoms with Crippen LogP contribution in [-0.4, -0.2) is 31.4 Å². The summed E-state index contributed by atoms with van der Waals surface area (Å²) in [6.45, 7) is 1.90. The van der Waals surface area contributed by atoms with Crippen molar-refractivity contribution >= 4 is 16.8 Å². The maximum atomic E-state index is 12.8. The van der Waals surface area contributed by atoms with E-state index in [1.807, 2.05) is 43.3 Å². The second-order valence-electron chi connectivity index (χ2n) is 8.75. The third kappa shape index (κ3) is 4.14. The van der Waals surface area contributed by atoms with Crippen LogP contribution in [0.25, 0.3) is 11.0 Å². The lowest BCUT2D eigenvalue weighted by molar-refractivity contribution is 0.0142. The molecule has 162 valence electrons. The molecule has 4 aromatic rings. The summed E-state index contributed by atoms with van der Waals surface area (Å²) in [6.07, 6.45) is 5.20. The number of benzene rings is 2. The van der Waals surface area contributed by atoms with Gasteiger partial charge in [0, 0.05) is 17.3 Å². The van der Waals surface area contributed by atoms with E-state index in [-0.39, 0.29) is 11.7 Å². The van der Waals surface area contributed by atoms with Crippen LogP contribution in [0.1, 0.15) is 60.3 Å². The zero-order valence-corrected chi connectivity index (χ0v) is 17.9. The molecule has 1 aliphatic carbocycles. The van der Waals surface area contributed by atoms with Crippen LogP contribution in [0, 0.1) is 0 Å². The molecule has 2 atom stereocenters. The Labute approximate surface area is 186 Å². The van der Waals surface area contributed by atoms with Crippen LogP contribution in [0.4, 0.5) is 0 Å². The number of H-pyrrole nitrogens is 1. The molecule has 2 N–H and O–H groups in total. The zero-order chi connectivity index (χ0) is 22.1. The molecule has 2 aromatic carbocycles. The fourth-order valence-electron chi connectivity index (χ4n) is 4.51. The molecule has 5 rings (SSSR count). The van der Waals surface area contributed by atoms with Gasteiger partial charge in [0.15, 0.2) is 5.82 Å². The van der Waals surface area contributed by atoms with Crippen molar-refractivity contribution in [3.05, 3.63) is 83.8 Å². The summed E-state index contributed by atoms with van der Waals surface area (Å²) >= 11 is 0. The molecule has 0 aliphatic heterocycles. The van der Waals surface area contributed by atoms with Crippen LogP contribution in [0.5, 0.6) is 11.6 Å². The topological polar surface area (TPSA) is 88.1 Å². The number of nitrogens with zero attached hydrogens (tertiary/aromatic N) is 2. The van der Waals surface area contributed by atoms with Crippen molar-refractivity contribution in [2.24, 2.45) is 0 Å². The molecule has 1 fully saturated rings. The molecule has 0 amide bonds. The number of aliphatic hydroxyl groups is 1. The van der Waals surface area contributed by atoms with Gasteiger partial charge >= 0.3 is 0 Å². The number of hydrogen-bond acceptors (Lipinski definition) is 5. The van der Waals surface area contributed by atoms with Crippen LogP contribution < -0.4 is 4.74 Å². The summed E-state index contributed by atoms with van der Waals surface area (Å²) in [5.41, 5.74) is 2.48. The van der Waals surface area contributed by atoms with Crippen LogP contribution in [0.3, 0.4) is 0 Å². The molecule has 32 heavy (non-hydrogen) atoms. The average Bonchev–Trinajstić information content (AvgIpc) is 3.23. The van der Waals surface area contributed by atoms with Crippen molar-refractivity contribution in [2.45, 2.75) is 44.1 Å². The number of imidazole rings is 1. The van der Waals surface area contributed by atoms with Crippen molar-refractivity contribution in [3.63, 3.8) is 0 Å². The van der Waals surface area contributed by atoms with E-state index < -0.39 is 5.60 Å². The lowest BCUT2D eigenvalue weighted by Crippen LogP contribution is -2.30. The van der Waals surface area contributed by atoms with Gasteiger partial charge in [-0.3, -0.25) is 4.79 Å². The Hall–Kier alpha value is -3.51. The molecule has 6 heteroatoms. The third-order valence-corrected chi connectivity index (χ3v) is 6.13. The van der Waals surface area contributed by atoms with E-state index in [9.17, 15) is 9.90 Å². The Morgan fingerprint density at radius 2 is 1.94 bits per heavy atom. The molecule has 1 saturated carbocycles. The zero-order valence-electron chi connectivity index (χ0n) is 17.9. The number of hydrogen-bond donors (Lipinski definition) is 2. The van der Waals surface area contributed by atoms with E-state index in [0.717, 1.165) is 35.9 Å². The summed E-state index contributed by atoms with van der Waals surface area (Å²) in [4.78, 5) is 24.7. The van der Waals surface area contributed by atoms with Crippen LogP contribution in [0.15, 0.2) is 66.9 Å². The second-order valence-corrected chi connectivity index (χ2v) is 8.75. The number of carbonyl (C=O) groups is 1. The Kier molecular flexibility index (Phi) is 5.23. The molecular weight excluding hydrogens is 402 g/mol. The van der Waals surface area contributed by atoms with Crippen molar-refractivity contribution in [3.8, 4) is 11.6 Å². The molecule has 0 saturated heterocycles. The predicted molar refractivity (Wildman–Crippen MR) is 122 cm³/mol. The highest BCUT2D eigenvalue weighted by Gasteiger charge is 2.32. The van der Waals surface area contributed by atoms with E-state index in [4.69, 9.17) is 4.74 Å². The largest absolute Gasteiger partial charge is 0.439 e. The van der Waals surface area contributed by atoms with E-state index in [0.29, 0.717) is 29.4 Å². The maximum Gasteiger partial charge on any atom is 0.228 e. The molecule has 2 heterocycles. The lowest BCUT2D eigenvalue weighted by atomic mass is 9.76. The van der Waals surface area contributed by atoms with E-state index in [2.05, 4.69) is 15.0 Å². The first-order valence-corrected chi connectivity index (χ1v) is 10.9. The Morgan fingerprint density at radius 3 is 2.72 bits per heavy atom. The maximum absolute atomic E-state index is 12.8. The number of ether oxygens (including phenoxy) is 1. The van der Waals surface area contributed by atoms with Gasteiger partial charge in [0.1, 0.15) is 5.75 Å². The minimum absolute atomic E-state index is 0.171. The number of nitrogens with one attached hydrogen (secondary N) is 1. The highest BCUT2D eigenvalue weighted by atomic mass is 16.5.